The molecule has 0 fully saturated rings. The second-order valence-corrected chi connectivity index (χ2v) is 5.15. The highest BCUT2D eigenvalue weighted by atomic mass is 35.5. The van der Waals surface area contributed by atoms with Gasteiger partial charge in [0.2, 0.25) is 0 Å². The van der Waals surface area contributed by atoms with Crippen LogP contribution in [0, 0.1) is 0 Å². The molecule has 2 N–H and O–H groups in total. The van der Waals surface area contributed by atoms with Crippen molar-refractivity contribution in [1.29, 1.82) is 0 Å². The fraction of sp³-hybridized carbons (Fsp3) is 0. The highest BCUT2D eigenvalue weighted by molar-refractivity contribution is 6.37. The Morgan fingerprint density at radius 3 is 2.81 bits per heavy atom. The van der Waals surface area contributed by atoms with E-state index < -0.39 is 0 Å². The minimum atomic E-state index is 0.633. The molecule has 4 nitrogen and oxygen atoms in total. The maximum absolute atomic E-state index is 6.37. The van der Waals surface area contributed by atoms with Gasteiger partial charge < -0.3 is 5.32 Å². The third kappa shape index (κ3) is 1.92. The number of nitrogens with one attached hydrogen (secondary N) is 2. The first-order valence-corrected chi connectivity index (χ1v) is 6.93. The summed E-state index contributed by atoms with van der Waals surface area (Å²) in [4.78, 5) is 4.55. The lowest BCUT2D eigenvalue weighted by atomic mass is 9.99. The van der Waals surface area contributed by atoms with Crippen LogP contribution >= 0.6 is 11.6 Å². The molecule has 0 aliphatic carbocycles. The number of hydrogen-bond donors (Lipinski definition) is 2. The first-order valence-electron chi connectivity index (χ1n) is 6.55. The number of aromatic nitrogens is 2. The van der Waals surface area contributed by atoms with E-state index in [0.29, 0.717) is 5.02 Å². The number of anilines is 1. The monoisotopic (exact) mass is 294 g/mol. The van der Waals surface area contributed by atoms with Crippen LogP contribution in [0.15, 0.2) is 60.0 Å². The number of aliphatic imine (C=N–C) groups is 1. The topological polar surface area (TPSA) is 53.1 Å². The van der Waals surface area contributed by atoms with Crippen LogP contribution in [0.25, 0.3) is 10.9 Å². The van der Waals surface area contributed by atoms with E-state index in [-0.39, 0.29) is 0 Å². The summed E-state index contributed by atoms with van der Waals surface area (Å²) in [7, 11) is 0. The van der Waals surface area contributed by atoms with Crippen molar-refractivity contribution in [2.75, 3.05) is 5.32 Å². The summed E-state index contributed by atoms with van der Waals surface area (Å²) in [6.45, 7) is 0. The van der Waals surface area contributed by atoms with Crippen molar-refractivity contribution in [3.05, 3.63) is 71.1 Å². The Kier molecular flexibility index (Phi) is 2.75. The van der Waals surface area contributed by atoms with Crippen LogP contribution in [0.3, 0.4) is 0 Å². The van der Waals surface area contributed by atoms with Gasteiger partial charge in [-0.25, -0.2) is 0 Å². The highest BCUT2D eigenvalue weighted by Crippen LogP contribution is 2.34. The quantitative estimate of drug-likeness (QED) is 0.714. The summed E-state index contributed by atoms with van der Waals surface area (Å²) in [5, 5.41) is 11.9. The predicted molar refractivity (Wildman–Crippen MR) is 85.9 cm³/mol. The molecule has 0 unspecified atom stereocenters. The highest BCUT2D eigenvalue weighted by Gasteiger charge is 2.18. The number of H-pyrrole nitrogens is 1. The summed E-state index contributed by atoms with van der Waals surface area (Å²) in [5.41, 5.74) is 4.68. The van der Waals surface area contributed by atoms with Crippen molar-refractivity contribution in [2.45, 2.75) is 0 Å². The zero-order valence-corrected chi connectivity index (χ0v) is 11.7. The zero-order chi connectivity index (χ0) is 14.2. The van der Waals surface area contributed by atoms with Crippen molar-refractivity contribution in [1.82, 2.24) is 10.2 Å². The van der Waals surface area contributed by atoms with Crippen LogP contribution in [-0.4, -0.2) is 15.9 Å². The number of nitrogens with zero attached hydrogens (tertiary/aromatic N) is 2. The number of aromatic amines is 1. The van der Waals surface area contributed by atoms with E-state index in [1.807, 2.05) is 42.6 Å². The van der Waals surface area contributed by atoms with Crippen LogP contribution in [0.5, 0.6) is 0 Å². The van der Waals surface area contributed by atoms with E-state index >= 15 is 0 Å². The van der Waals surface area contributed by atoms with Crippen LogP contribution in [0.2, 0.25) is 5.02 Å². The van der Waals surface area contributed by atoms with Gasteiger partial charge in [-0.3, -0.25) is 10.1 Å². The molecular formula is C16H11ClN4. The Balaban J connectivity index is 2.03. The first kappa shape index (κ1) is 12.2. The fourth-order valence-electron chi connectivity index (χ4n) is 2.54. The zero-order valence-electron chi connectivity index (χ0n) is 11.0. The molecule has 1 aliphatic rings. The Bertz CT molecular complexity index is 878. The number of fused-ring (bicyclic) bond motifs is 3. The van der Waals surface area contributed by atoms with Gasteiger partial charge in [0.15, 0.2) is 0 Å². The normalized spacial score (nSPS) is 13.5. The minimum absolute atomic E-state index is 0.633. The van der Waals surface area contributed by atoms with Crippen molar-refractivity contribution < 1.29 is 0 Å². The second-order valence-electron chi connectivity index (χ2n) is 4.74. The largest absolute Gasteiger partial charge is 0.359 e. The molecule has 1 aliphatic heterocycles. The Morgan fingerprint density at radius 1 is 1.10 bits per heavy atom. The Labute approximate surface area is 126 Å². The Morgan fingerprint density at radius 2 is 1.95 bits per heavy atom. The SMILES string of the molecule is Clc1cc2c(c3cn[nH]c13)NC=CN=C2c1ccccc1. The van der Waals surface area contributed by atoms with Crippen molar-refractivity contribution in [2.24, 2.45) is 4.99 Å². The van der Waals surface area contributed by atoms with Gasteiger partial charge in [-0.05, 0) is 6.07 Å². The average molecular weight is 295 g/mol. The summed E-state index contributed by atoms with van der Waals surface area (Å²) in [5.74, 6) is 0. The summed E-state index contributed by atoms with van der Waals surface area (Å²) in [6, 6.07) is 12.0. The number of rotatable bonds is 1. The lowest BCUT2D eigenvalue weighted by Gasteiger charge is -2.12. The molecular weight excluding hydrogens is 284 g/mol. The van der Waals surface area contributed by atoms with E-state index in [0.717, 1.165) is 33.4 Å². The molecule has 2 aromatic carbocycles. The van der Waals surface area contributed by atoms with E-state index in [1.54, 1.807) is 12.4 Å². The number of hydrogen-bond acceptors (Lipinski definition) is 3. The number of benzene rings is 2. The van der Waals surface area contributed by atoms with E-state index in [1.165, 1.54) is 0 Å². The molecule has 0 saturated carbocycles. The number of halogens is 1. The third-order valence-corrected chi connectivity index (χ3v) is 3.79. The van der Waals surface area contributed by atoms with Gasteiger partial charge in [0.25, 0.3) is 0 Å². The summed E-state index contributed by atoms with van der Waals surface area (Å²) >= 11 is 6.37. The van der Waals surface area contributed by atoms with Gasteiger partial charge in [0, 0.05) is 28.9 Å². The lowest BCUT2D eigenvalue weighted by molar-refractivity contribution is 1.12. The van der Waals surface area contributed by atoms with E-state index in [9.17, 15) is 0 Å². The third-order valence-electron chi connectivity index (χ3n) is 3.50. The standard InChI is InChI=1S/C16H11ClN4/c17-13-8-11-14(10-4-2-1-3-5-10)18-6-7-19-15(11)12-9-20-21-16(12)13/h1-9,19H,(H,20,21). The summed E-state index contributed by atoms with van der Waals surface area (Å²) in [6.07, 6.45) is 5.34. The van der Waals surface area contributed by atoms with Gasteiger partial charge >= 0.3 is 0 Å². The minimum Gasteiger partial charge on any atom is -0.359 e. The van der Waals surface area contributed by atoms with E-state index in [2.05, 4.69) is 20.5 Å². The predicted octanol–water partition coefficient (Wildman–Crippen LogP) is 3.95. The molecule has 5 heteroatoms. The fourth-order valence-corrected chi connectivity index (χ4v) is 2.80. The molecule has 1 aromatic heterocycles. The molecule has 0 spiro atoms. The molecule has 4 rings (SSSR count). The van der Waals surface area contributed by atoms with Crippen LogP contribution in [0.4, 0.5) is 5.69 Å². The molecule has 0 bridgehead atoms. The van der Waals surface area contributed by atoms with Crippen molar-refractivity contribution in [3.63, 3.8) is 0 Å². The molecule has 0 atom stereocenters. The maximum Gasteiger partial charge on any atom is 0.0857 e. The molecule has 0 radical (unpaired) electrons. The molecule has 0 amide bonds. The van der Waals surface area contributed by atoms with Crippen LogP contribution in [-0.2, 0) is 0 Å². The van der Waals surface area contributed by atoms with Gasteiger partial charge in [-0.15, -0.1) is 0 Å². The van der Waals surface area contributed by atoms with Gasteiger partial charge in [-0.1, -0.05) is 41.9 Å². The molecule has 102 valence electrons. The lowest BCUT2D eigenvalue weighted by Crippen LogP contribution is -2.05. The van der Waals surface area contributed by atoms with Crippen LogP contribution < -0.4 is 5.32 Å². The maximum atomic E-state index is 6.37. The molecule has 2 heterocycles. The van der Waals surface area contributed by atoms with Crippen LogP contribution in [0.1, 0.15) is 11.1 Å². The molecule has 0 saturated heterocycles. The van der Waals surface area contributed by atoms with Crippen molar-refractivity contribution in [3.8, 4) is 0 Å². The van der Waals surface area contributed by atoms with E-state index in [4.69, 9.17) is 11.6 Å². The molecule has 21 heavy (non-hydrogen) atoms. The van der Waals surface area contributed by atoms with Gasteiger partial charge in [0.1, 0.15) is 0 Å². The average Bonchev–Trinajstić information content (AvgIpc) is 2.92. The smallest absolute Gasteiger partial charge is 0.0857 e. The van der Waals surface area contributed by atoms with Crippen molar-refractivity contribution >= 4 is 33.9 Å². The molecule has 3 aromatic rings. The Hall–Kier alpha value is -2.59. The van der Waals surface area contributed by atoms with Gasteiger partial charge in [-0.2, -0.15) is 5.10 Å². The van der Waals surface area contributed by atoms with Gasteiger partial charge in [0.05, 0.1) is 28.1 Å². The first-order chi connectivity index (χ1) is 10.3. The second kappa shape index (κ2) is 4.75. The summed E-state index contributed by atoms with van der Waals surface area (Å²) < 4.78 is 0.